The molecule has 0 amide bonds. The Morgan fingerprint density at radius 1 is 1.43 bits per heavy atom. The molecule has 0 radical (unpaired) electrons. The summed E-state index contributed by atoms with van der Waals surface area (Å²) < 4.78 is 2.15. The summed E-state index contributed by atoms with van der Waals surface area (Å²) in [5.74, 6) is 1.85. The molecular formula is C11H19N3. The van der Waals surface area contributed by atoms with E-state index in [1.54, 1.807) is 0 Å². The van der Waals surface area contributed by atoms with Crippen LogP contribution in [-0.2, 0) is 7.05 Å². The summed E-state index contributed by atoms with van der Waals surface area (Å²) in [7, 11) is 4.15. The molecule has 0 saturated heterocycles. The topological polar surface area (TPSA) is 29.9 Å². The van der Waals surface area contributed by atoms with E-state index in [2.05, 4.69) is 29.0 Å². The molecule has 3 nitrogen and oxygen atoms in total. The van der Waals surface area contributed by atoms with Crippen LogP contribution in [0.25, 0.3) is 0 Å². The first kappa shape index (κ1) is 9.71. The zero-order valence-electron chi connectivity index (χ0n) is 9.03. The third-order valence-corrected chi connectivity index (χ3v) is 3.33. The van der Waals surface area contributed by atoms with Gasteiger partial charge in [0.05, 0.1) is 0 Å². The molecule has 2 atom stereocenters. The smallest absolute Gasteiger partial charge is 0.113 e. The van der Waals surface area contributed by atoms with E-state index in [4.69, 9.17) is 0 Å². The van der Waals surface area contributed by atoms with E-state index >= 15 is 0 Å². The first-order chi connectivity index (χ1) is 6.83. The van der Waals surface area contributed by atoms with Gasteiger partial charge in [0, 0.05) is 31.4 Å². The van der Waals surface area contributed by atoms with Gasteiger partial charge in [0.25, 0.3) is 0 Å². The lowest BCUT2D eigenvalue weighted by molar-refractivity contribution is 0.329. The average molecular weight is 193 g/mol. The Morgan fingerprint density at radius 3 is 2.86 bits per heavy atom. The van der Waals surface area contributed by atoms with Crippen molar-refractivity contribution in [1.82, 2.24) is 14.9 Å². The number of aryl methyl sites for hydroxylation is 1. The van der Waals surface area contributed by atoms with Crippen LogP contribution in [0.3, 0.4) is 0 Å². The maximum atomic E-state index is 4.46. The minimum absolute atomic E-state index is 0.605. The van der Waals surface area contributed by atoms with Crippen LogP contribution in [0.5, 0.6) is 0 Å². The molecule has 1 saturated carbocycles. The zero-order valence-corrected chi connectivity index (χ0v) is 9.03. The molecule has 1 N–H and O–H groups in total. The Kier molecular flexibility index (Phi) is 2.87. The van der Waals surface area contributed by atoms with Gasteiger partial charge >= 0.3 is 0 Å². The van der Waals surface area contributed by atoms with E-state index < -0.39 is 0 Å². The molecule has 1 aromatic heterocycles. The van der Waals surface area contributed by atoms with E-state index in [9.17, 15) is 0 Å². The molecule has 0 spiro atoms. The fraction of sp³-hybridized carbons (Fsp3) is 0.727. The lowest BCUT2D eigenvalue weighted by Crippen LogP contribution is -2.35. The molecule has 1 heterocycles. The van der Waals surface area contributed by atoms with E-state index in [1.165, 1.54) is 31.5 Å². The number of rotatable bonds is 2. The number of hydrogen-bond acceptors (Lipinski definition) is 2. The monoisotopic (exact) mass is 193 g/mol. The molecule has 2 rings (SSSR count). The highest BCUT2D eigenvalue weighted by Gasteiger charge is 2.27. The van der Waals surface area contributed by atoms with Gasteiger partial charge in [-0.2, -0.15) is 0 Å². The van der Waals surface area contributed by atoms with Crippen LogP contribution in [-0.4, -0.2) is 22.6 Å². The number of imidazole rings is 1. The number of hydrogen-bond donors (Lipinski definition) is 1. The first-order valence-corrected chi connectivity index (χ1v) is 5.47. The van der Waals surface area contributed by atoms with E-state index in [-0.39, 0.29) is 0 Å². The summed E-state index contributed by atoms with van der Waals surface area (Å²) in [6.45, 7) is 0. The molecule has 0 aliphatic heterocycles. The van der Waals surface area contributed by atoms with Crippen molar-refractivity contribution in [1.29, 1.82) is 0 Å². The SMILES string of the molecule is CNC1CCCCC1c1nccn1C. The van der Waals surface area contributed by atoms with Crippen molar-refractivity contribution < 1.29 is 0 Å². The summed E-state index contributed by atoms with van der Waals surface area (Å²) in [6.07, 6.45) is 9.19. The summed E-state index contributed by atoms with van der Waals surface area (Å²) >= 11 is 0. The molecule has 1 aliphatic carbocycles. The minimum Gasteiger partial charge on any atom is -0.338 e. The quantitative estimate of drug-likeness (QED) is 0.774. The van der Waals surface area contributed by atoms with Crippen LogP contribution in [0.15, 0.2) is 12.4 Å². The van der Waals surface area contributed by atoms with Gasteiger partial charge in [0.15, 0.2) is 0 Å². The largest absolute Gasteiger partial charge is 0.338 e. The van der Waals surface area contributed by atoms with Gasteiger partial charge in [-0.15, -0.1) is 0 Å². The lowest BCUT2D eigenvalue weighted by atomic mass is 9.84. The van der Waals surface area contributed by atoms with Crippen LogP contribution < -0.4 is 5.32 Å². The molecule has 78 valence electrons. The van der Waals surface area contributed by atoms with Crippen molar-refractivity contribution >= 4 is 0 Å². The van der Waals surface area contributed by atoms with Gasteiger partial charge in [-0.3, -0.25) is 0 Å². The fourth-order valence-electron chi connectivity index (χ4n) is 2.52. The van der Waals surface area contributed by atoms with Crippen molar-refractivity contribution in [3.05, 3.63) is 18.2 Å². The second-order valence-electron chi connectivity index (χ2n) is 4.18. The molecule has 14 heavy (non-hydrogen) atoms. The Balaban J connectivity index is 2.19. The second kappa shape index (κ2) is 4.13. The number of nitrogens with one attached hydrogen (secondary N) is 1. The lowest BCUT2D eigenvalue weighted by Gasteiger charge is -2.30. The van der Waals surface area contributed by atoms with Crippen LogP contribution >= 0.6 is 0 Å². The third kappa shape index (κ3) is 1.69. The van der Waals surface area contributed by atoms with E-state index in [0.717, 1.165) is 0 Å². The second-order valence-corrected chi connectivity index (χ2v) is 4.18. The zero-order chi connectivity index (χ0) is 9.97. The Labute approximate surface area is 85.5 Å². The van der Waals surface area contributed by atoms with Crippen LogP contribution in [0.1, 0.15) is 37.4 Å². The van der Waals surface area contributed by atoms with E-state index in [0.29, 0.717) is 12.0 Å². The fourth-order valence-corrected chi connectivity index (χ4v) is 2.52. The van der Waals surface area contributed by atoms with E-state index in [1.807, 2.05) is 12.4 Å². The van der Waals surface area contributed by atoms with Crippen molar-refractivity contribution in [2.24, 2.45) is 7.05 Å². The van der Waals surface area contributed by atoms with Crippen LogP contribution in [0.4, 0.5) is 0 Å². The normalized spacial score (nSPS) is 27.9. The van der Waals surface area contributed by atoms with Crippen molar-refractivity contribution in [2.45, 2.75) is 37.6 Å². The predicted molar refractivity (Wildman–Crippen MR) is 57.3 cm³/mol. The average Bonchev–Trinajstić information content (AvgIpc) is 2.64. The van der Waals surface area contributed by atoms with Crippen LogP contribution in [0, 0.1) is 0 Å². The molecular weight excluding hydrogens is 174 g/mol. The molecule has 0 aromatic carbocycles. The molecule has 2 unspecified atom stereocenters. The maximum Gasteiger partial charge on any atom is 0.113 e. The summed E-state index contributed by atoms with van der Waals surface area (Å²) in [4.78, 5) is 4.46. The van der Waals surface area contributed by atoms with Gasteiger partial charge in [0.2, 0.25) is 0 Å². The molecule has 1 fully saturated rings. The van der Waals surface area contributed by atoms with Gasteiger partial charge in [0.1, 0.15) is 5.82 Å². The van der Waals surface area contributed by atoms with Gasteiger partial charge in [-0.05, 0) is 19.9 Å². The maximum absolute atomic E-state index is 4.46. The summed E-state index contributed by atoms with van der Waals surface area (Å²) in [5, 5.41) is 3.42. The van der Waals surface area contributed by atoms with Crippen LogP contribution in [0.2, 0.25) is 0 Å². The standard InChI is InChI=1S/C11H19N3/c1-12-10-6-4-3-5-9(10)11-13-7-8-14(11)2/h7-10,12H,3-6H2,1-2H3. The van der Waals surface area contributed by atoms with Crippen molar-refractivity contribution in [2.75, 3.05) is 7.05 Å². The van der Waals surface area contributed by atoms with Gasteiger partial charge in [-0.1, -0.05) is 12.8 Å². The highest BCUT2D eigenvalue weighted by atomic mass is 15.1. The highest BCUT2D eigenvalue weighted by Crippen LogP contribution is 2.31. The number of aromatic nitrogens is 2. The Morgan fingerprint density at radius 2 is 2.21 bits per heavy atom. The molecule has 1 aromatic rings. The summed E-state index contributed by atoms with van der Waals surface area (Å²) in [6, 6.07) is 0.616. The summed E-state index contributed by atoms with van der Waals surface area (Å²) in [5.41, 5.74) is 0. The number of nitrogens with zero attached hydrogens (tertiary/aromatic N) is 2. The van der Waals surface area contributed by atoms with Crippen molar-refractivity contribution in [3.8, 4) is 0 Å². The first-order valence-electron chi connectivity index (χ1n) is 5.47. The molecule has 0 bridgehead atoms. The molecule has 1 aliphatic rings. The molecule has 3 heteroatoms. The van der Waals surface area contributed by atoms with Crippen molar-refractivity contribution in [3.63, 3.8) is 0 Å². The Bertz CT molecular complexity index is 292. The minimum atomic E-state index is 0.605. The number of likely N-dealkylation sites (N-methyl/N-ethyl adjacent to an activating group) is 1. The van der Waals surface area contributed by atoms with Gasteiger partial charge in [-0.25, -0.2) is 4.98 Å². The third-order valence-electron chi connectivity index (χ3n) is 3.33. The highest BCUT2D eigenvalue weighted by molar-refractivity contribution is 5.05. The predicted octanol–water partition coefficient (Wildman–Crippen LogP) is 1.67. The van der Waals surface area contributed by atoms with Gasteiger partial charge < -0.3 is 9.88 Å². The Hall–Kier alpha value is -0.830.